The van der Waals surface area contributed by atoms with Gasteiger partial charge in [-0.2, -0.15) is 11.8 Å². The zero-order chi connectivity index (χ0) is 12.3. The van der Waals surface area contributed by atoms with Gasteiger partial charge in [-0.3, -0.25) is 4.79 Å². The fourth-order valence-electron chi connectivity index (χ4n) is 1.33. The van der Waals surface area contributed by atoms with Crippen LogP contribution in [-0.4, -0.2) is 40.9 Å². The first-order chi connectivity index (χ1) is 7.47. The molecule has 0 radical (unpaired) electrons. The predicted octanol–water partition coefficient (Wildman–Crippen LogP) is 1.86. The molecular formula is C10H17N3OS2. The van der Waals surface area contributed by atoms with E-state index in [1.807, 2.05) is 27.2 Å². The van der Waals surface area contributed by atoms with Crippen LogP contribution < -0.4 is 5.73 Å². The molecule has 0 fully saturated rings. The number of hydrogen-bond donors (Lipinski definition) is 1. The number of aromatic nitrogens is 1. The minimum Gasteiger partial charge on any atom is -0.375 e. The molecule has 16 heavy (non-hydrogen) atoms. The molecule has 0 bridgehead atoms. The van der Waals surface area contributed by atoms with Gasteiger partial charge in [-0.25, -0.2) is 4.98 Å². The first-order valence-corrected chi connectivity index (χ1v) is 7.17. The number of nitrogens with zero attached hydrogens (tertiary/aromatic N) is 2. The van der Waals surface area contributed by atoms with E-state index < -0.39 is 0 Å². The Morgan fingerprint density at radius 3 is 2.75 bits per heavy atom. The highest BCUT2D eigenvalue weighted by atomic mass is 32.2. The molecule has 2 N–H and O–H groups in total. The summed E-state index contributed by atoms with van der Waals surface area (Å²) in [5.74, 6) is 0.934. The summed E-state index contributed by atoms with van der Waals surface area (Å²) in [4.78, 5) is 18.6. The Balaban J connectivity index is 2.81. The van der Waals surface area contributed by atoms with Gasteiger partial charge in [0.25, 0.3) is 5.91 Å². The largest absolute Gasteiger partial charge is 0.375 e. The van der Waals surface area contributed by atoms with Crippen molar-refractivity contribution >= 4 is 34.1 Å². The summed E-state index contributed by atoms with van der Waals surface area (Å²) in [6, 6.07) is 0.213. The fourth-order valence-corrected chi connectivity index (χ4v) is 2.85. The Morgan fingerprint density at radius 1 is 1.69 bits per heavy atom. The molecule has 1 unspecified atom stereocenters. The number of aryl methyl sites for hydroxylation is 1. The molecule has 0 aliphatic rings. The predicted molar refractivity (Wildman–Crippen MR) is 71.2 cm³/mol. The van der Waals surface area contributed by atoms with Crippen molar-refractivity contribution in [1.29, 1.82) is 0 Å². The van der Waals surface area contributed by atoms with Crippen LogP contribution in [0.1, 0.15) is 22.3 Å². The van der Waals surface area contributed by atoms with Crippen LogP contribution in [0, 0.1) is 6.92 Å². The van der Waals surface area contributed by atoms with E-state index in [1.165, 1.54) is 11.3 Å². The van der Waals surface area contributed by atoms with Gasteiger partial charge in [0.15, 0.2) is 5.13 Å². The number of thiazole rings is 1. The SMILES string of the molecule is CSCC(C)N(C)C(=O)c1sc(N)nc1C. The second-order valence-corrected chi connectivity index (χ2v) is 5.63. The number of nitrogen functional groups attached to an aromatic ring is 1. The first kappa shape index (κ1) is 13.3. The lowest BCUT2D eigenvalue weighted by atomic mass is 10.3. The van der Waals surface area contributed by atoms with Crippen LogP contribution in [0.2, 0.25) is 0 Å². The highest BCUT2D eigenvalue weighted by molar-refractivity contribution is 7.98. The van der Waals surface area contributed by atoms with E-state index in [1.54, 1.807) is 16.7 Å². The third-order valence-electron chi connectivity index (χ3n) is 2.40. The highest BCUT2D eigenvalue weighted by Crippen LogP contribution is 2.22. The number of rotatable bonds is 4. The third kappa shape index (κ3) is 2.89. The van der Waals surface area contributed by atoms with Gasteiger partial charge >= 0.3 is 0 Å². The maximum absolute atomic E-state index is 12.1. The number of carbonyl (C=O) groups excluding carboxylic acids is 1. The van der Waals surface area contributed by atoms with E-state index in [2.05, 4.69) is 4.98 Å². The molecule has 1 atom stereocenters. The first-order valence-electron chi connectivity index (χ1n) is 4.96. The Bertz CT molecular complexity index is 378. The summed E-state index contributed by atoms with van der Waals surface area (Å²) in [6.07, 6.45) is 2.03. The average molecular weight is 259 g/mol. The molecule has 0 aliphatic heterocycles. The molecule has 1 aromatic rings. The normalized spacial score (nSPS) is 12.5. The number of thioether (sulfide) groups is 1. The van der Waals surface area contributed by atoms with Crippen molar-refractivity contribution in [2.24, 2.45) is 0 Å². The van der Waals surface area contributed by atoms with Crippen LogP contribution in [0.5, 0.6) is 0 Å². The van der Waals surface area contributed by atoms with Gasteiger partial charge in [0.05, 0.1) is 5.69 Å². The van der Waals surface area contributed by atoms with Crippen molar-refractivity contribution in [3.63, 3.8) is 0 Å². The smallest absolute Gasteiger partial charge is 0.265 e. The quantitative estimate of drug-likeness (QED) is 0.896. The highest BCUT2D eigenvalue weighted by Gasteiger charge is 2.21. The number of nitrogens with two attached hydrogens (primary N) is 1. The summed E-state index contributed by atoms with van der Waals surface area (Å²) in [6.45, 7) is 3.85. The average Bonchev–Trinajstić information content (AvgIpc) is 2.56. The van der Waals surface area contributed by atoms with Crippen LogP contribution in [0.15, 0.2) is 0 Å². The second-order valence-electron chi connectivity index (χ2n) is 3.69. The molecule has 1 amide bonds. The summed E-state index contributed by atoms with van der Waals surface area (Å²) < 4.78 is 0. The number of carbonyl (C=O) groups is 1. The van der Waals surface area contributed by atoms with Crippen molar-refractivity contribution in [2.45, 2.75) is 19.9 Å². The number of hydrogen-bond acceptors (Lipinski definition) is 5. The van der Waals surface area contributed by atoms with Crippen molar-refractivity contribution in [1.82, 2.24) is 9.88 Å². The maximum atomic E-state index is 12.1. The van der Waals surface area contributed by atoms with E-state index >= 15 is 0 Å². The molecule has 0 aliphatic carbocycles. The monoisotopic (exact) mass is 259 g/mol. The van der Waals surface area contributed by atoms with Crippen molar-refractivity contribution in [2.75, 3.05) is 24.8 Å². The van der Waals surface area contributed by atoms with Gasteiger partial charge in [0, 0.05) is 18.8 Å². The second kappa shape index (κ2) is 5.54. The van der Waals surface area contributed by atoms with Gasteiger partial charge in [0.2, 0.25) is 0 Å². The molecule has 90 valence electrons. The molecule has 1 heterocycles. The van der Waals surface area contributed by atoms with E-state index in [0.717, 1.165) is 11.4 Å². The topological polar surface area (TPSA) is 59.2 Å². The maximum Gasteiger partial charge on any atom is 0.265 e. The van der Waals surface area contributed by atoms with Gasteiger partial charge in [-0.15, -0.1) is 0 Å². The minimum absolute atomic E-state index is 0.00764. The van der Waals surface area contributed by atoms with E-state index in [0.29, 0.717) is 10.0 Å². The minimum atomic E-state index is 0.00764. The lowest BCUT2D eigenvalue weighted by Gasteiger charge is -2.23. The molecule has 1 rings (SSSR count). The van der Waals surface area contributed by atoms with Gasteiger partial charge in [0.1, 0.15) is 4.88 Å². The van der Waals surface area contributed by atoms with Gasteiger partial charge in [-0.1, -0.05) is 11.3 Å². The third-order valence-corrected chi connectivity index (χ3v) is 4.19. The van der Waals surface area contributed by atoms with Crippen LogP contribution in [0.4, 0.5) is 5.13 Å². The molecule has 1 aromatic heterocycles. The van der Waals surface area contributed by atoms with E-state index in [-0.39, 0.29) is 11.9 Å². The molecular weight excluding hydrogens is 242 g/mol. The summed E-state index contributed by atoms with van der Waals surface area (Å²) in [7, 11) is 1.82. The van der Waals surface area contributed by atoms with Gasteiger partial charge < -0.3 is 10.6 Å². The fraction of sp³-hybridized carbons (Fsp3) is 0.600. The standard InChI is InChI=1S/C10H17N3OS2/c1-6(5-15-4)13(3)9(14)8-7(2)12-10(11)16-8/h6H,5H2,1-4H3,(H2,11,12). The van der Waals surface area contributed by atoms with Crippen molar-refractivity contribution in [3.8, 4) is 0 Å². The summed E-state index contributed by atoms with van der Waals surface area (Å²) in [5, 5.41) is 0.451. The Hall–Kier alpha value is -0.750. The molecule has 4 nitrogen and oxygen atoms in total. The lowest BCUT2D eigenvalue weighted by Crippen LogP contribution is -2.36. The van der Waals surface area contributed by atoms with Crippen LogP contribution in [0.25, 0.3) is 0 Å². The van der Waals surface area contributed by atoms with Crippen LogP contribution in [-0.2, 0) is 0 Å². The number of amides is 1. The summed E-state index contributed by atoms with van der Waals surface area (Å²) in [5.41, 5.74) is 6.30. The molecule has 0 saturated heterocycles. The van der Waals surface area contributed by atoms with Crippen LogP contribution in [0.3, 0.4) is 0 Å². The summed E-state index contributed by atoms with van der Waals surface area (Å²) >= 11 is 2.98. The Kier molecular flexibility index (Phi) is 4.61. The Labute approximate surface area is 104 Å². The molecule has 0 saturated carbocycles. The molecule has 0 spiro atoms. The van der Waals surface area contributed by atoms with Crippen LogP contribution >= 0.6 is 23.1 Å². The van der Waals surface area contributed by atoms with Gasteiger partial charge in [-0.05, 0) is 20.1 Å². The molecule has 6 heteroatoms. The lowest BCUT2D eigenvalue weighted by molar-refractivity contribution is 0.0761. The van der Waals surface area contributed by atoms with E-state index in [4.69, 9.17) is 5.73 Å². The van der Waals surface area contributed by atoms with Crippen molar-refractivity contribution < 1.29 is 4.79 Å². The van der Waals surface area contributed by atoms with E-state index in [9.17, 15) is 4.79 Å². The Morgan fingerprint density at radius 2 is 2.31 bits per heavy atom. The zero-order valence-electron chi connectivity index (χ0n) is 9.98. The number of anilines is 1. The van der Waals surface area contributed by atoms with Crippen molar-refractivity contribution in [3.05, 3.63) is 10.6 Å². The molecule has 0 aromatic carbocycles. The zero-order valence-corrected chi connectivity index (χ0v) is 11.6.